The number of hydrogen-bond donors (Lipinski definition) is 0. The van der Waals surface area contributed by atoms with E-state index in [1.165, 1.54) is 0 Å². The van der Waals surface area contributed by atoms with Gasteiger partial charge in [0.2, 0.25) is 0 Å². The van der Waals surface area contributed by atoms with Crippen molar-refractivity contribution in [3.63, 3.8) is 0 Å². The first-order valence-electron chi connectivity index (χ1n) is 5.01. The van der Waals surface area contributed by atoms with E-state index in [2.05, 4.69) is 4.98 Å². The van der Waals surface area contributed by atoms with Crippen LogP contribution in [0.15, 0.2) is 18.5 Å². The van der Waals surface area contributed by atoms with Gasteiger partial charge < -0.3 is 0 Å². The van der Waals surface area contributed by atoms with Crippen molar-refractivity contribution < 1.29 is 13.7 Å². The van der Waals surface area contributed by atoms with Crippen molar-refractivity contribution in [2.75, 3.05) is 0 Å². The zero-order valence-electron chi connectivity index (χ0n) is 9.54. The molecule has 98 valence electrons. The van der Waals surface area contributed by atoms with E-state index in [1.54, 1.807) is 12.1 Å². The molecule has 1 aromatic heterocycles. The molecule has 0 N–H and O–H groups in total. The number of halogens is 2. The van der Waals surface area contributed by atoms with Crippen molar-refractivity contribution in [3.8, 4) is 17.8 Å². The summed E-state index contributed by atoms with van der Waals surface area (Å²) in [5.41, 5.74) is -2.28. The second kappa shape index (κ2) is 4.74. The molecule has 0 saturated carbocycles. The van der Waals surface area contributed by atoms with Gasteiger partial charge in [0, 0.05) is 6.07 Å². The van der Waals surface area contributed by atoms with Crippen LogP contribution in [0.25, 0.3) is 5.69 Å². The number of rotatable bonds is 2. The van der Waals surface area contributed by atoms with Crippen LogP contribution in [0.2, 0.25) is 0 Å². The molecule has 0 aliphatic heterocycles. The third-order valence-electron chi connectivity index (χ3n) is 2.46. The number of nitrogens with zero attached hydrogens (tertiary/aromatic N) is 5. The Kier molecular flexibility index (Phi) is 3.11. The highest BCUT2D eigenvalue weighted by Gasteiger charge is 2.26. The maximum Gasteiger partial charge on any atom is 0.296 e. The van der Waals surface area contributed by atoms with E-state index in [0.29, 0.717) is 10.6 Å². The Morgan fingerprint density at radius 2 is 2.00 bits per heavy atom. The van der Waals surface area contributed by atoms with E-state index in [0.717, 1.165) is 12.4 Å². The van der Waals surface area contributed by atoms with Gasteiger partial charge in [-0.2, -0.15) is 10.5 Å². The largest absolute Gasteiger partial charge is 0.296 e. The molecule has 0 unspecified atom stereocenters. The zero-order chi connectivity index (χ0) is 14.9. The Morgan fingerprint density at radius 3 is 2.55 bits per heavy atom. The van der Waals surface area contributed by atoms with Gasteiger partial charge in [0.1, 0.15) is 18.5 Å². The van der Waals surface area contributed by atoms with Gasteiger partial charge in [-0.25, -0.2) is 13.8 Å². The summed E-state index contributed by atoms with van der Waals surface area (Å²) in [7, 11) is 0. The van der Waals surface area contributed by atoms with Crippen LogP contribution in [0.5, 0.6) is 0 Å². The number of aromatic nitrogens is 2. The maximum absolute atomic E-state index is 13.8. The number of nitro groups is 1. The van der Waals surface area contributed by atoms with E-state index in [-0.39, 0.29) is 5.69 Å². The third-order valence-corrected chi connectivity index (χ3v) is 2.46. The Balaban J connectivity index is 2.86. The zero-order valence-corrected chi connectivity index (χ0v) is 9.54. The molecule has 0 aliphatic rings. The first kappa shape index (κ1) is 13.1. The minimum absolute atomic E-state index is 0.342. The SMILES string of the molecule is N#Cc1ncn(-c2c([N+](=O)[O-])ccc(F)c2F)c1C#N. The van der Waals surface area contributed by atoms with Crippen LogP contribution in [0.3, 0.4) is 0 Å². The minimum atomic E-state index is -1.50. The Bertz CT molecular complexity index is 800. The van der Waals surface area contributed by atoms with Crippen LogP contribution in [0, 0.1) is 44.4 Å². The first-order valence-corrected chi connectivity index (χ1v) is 5.01. The molecule has 9 heteroatoms. The Hall–Kier alpha value is -3.33. The van der Waals surface area contributed by atoms with E-state index in [4.69, 9.17) is 10.5 Å². The third kappa shape index (κ3) is 1.83. The topological polar surface area (TPSA) is 109 Å². The Labute approximate surface area is 110 Å². The minimum Gasteiger partial charge on any atom is -0.280 e. The lowest BCUT2D eigenvalue weighted by molar-refractivity contribution is -0.384. The van der Waals surface area contributed by atoms with Crippen LogP contribution in [-0.4, -0.2) is 14.5 Å². The quantitative estimate of drug-likeness (QED) is 0.613. The number of benzene rings is 1. The van der Waals surface area contributed by atoms with Gasteiger partial charge in [0.15, 0.2) is 28.7 Å². The summed E-state index contributed by atoms with van der Waals surface area (Å²) in [6.07, 6.45) is 0.849. The molecule has 0 bridgehead atoms. The van der Waals surface area contributed by atoms with Gasteiger partial charge in [-0.05, 0) is 6.07 Å². The van der Waals surface area contributed by atoms with Gasteiger partial charge in [-0.3, -0.25) is 14.7 Å². The van der Waals surface area contributed by atoms with Crippen molar-refractivity contribution in [1.82, 2.24) is 9.55 Å². The highest BCUT2D eigenvalue weighted by molar-refractivity contribution is 5.56. The molecule has 1 heterocycles. The molecule has 0 radical (unpaired) electrons. The lowest BCUT2D eigenvalue weighted by Crippen LogP contribution is -2.06. The molecule has 0 aliphatic carbocycles. The molecule has 0 saturated heterocycles. The maximum atomic E-state index is 13.8. The van der Waals surface area contributed by atoms with Gasteiger partial charge in [0.05, 0.1) is 4.92 Å². The van der Waals surface area contributed by atoms with Crippen molar-refractivity contribution in [2.24, 2.45) is 0 Å². The monoisotopic (exact) mass is 275 g/mol. The predicted molar refractivity (Wildman–Crippen MR) is 59.6 cm³/mol. The fourth-order valence-electron chi connectivity index (χ4n) is 1.61. The van der Waals surface area contributed by atoms with Gasteiger partial charge in [0.25, 0.3) is 5.69 Å². The number of imidazole rings is 1. The second-order valence-corrected chi connectivity index (χ2v) is 3.52. The standard InChI is InChI=1S/C11H3F2N5O2/c12-6-1-2-8(18(19)20)11(10(6)13)17-5-16-7(3-14)9(17)4-15/h1-2,5H. The molecule has 0 atom stereocenters. The molecule has 1 aromatic carbocycles. The van der Waals surface area contributed by atoms with E-state index >= 15 is 0 Å². The summed E-state index contributed by atoms with van der Waals surface area (Å²) in [5, 5.41) is 28.5. The molecule has 2 rings (SSSR count). The van der Waals surface area contributed by atoms with Crippen molar-refractivity contribution in [2.45, 2.75) is 0 Å². The lowest BCUT2D eigenvalue weighted by Gasteiger charge is -2.06. The molecular formula is C11H3F2N5O2. The summed E-state index contributed by atoms with van der Waals surface area (Å²) < 4.78 is 27.7. The fourth-order valence-corrected chi connectivity index (χ4v) is 1.61. The van der Waals surface area contributed by atoms with Crippen LogP contribution < -0.4 is 0 Å². The van der Waals surface area contributed by atoms with E-state index in [1.807, 2.05) is 0 Å². The second-order valence-electron chi connectivity index (χ2n) is 3.52. The average molecular weight is 275 g/mol. The summed E-state index contributed by atoms with van der Waals surface area (Å²) in [4.78, 5) is 13.5. The van der Waals surface area contributed by atoms with Crippen molar-refractivity contribution in [3.05, 3.63) is 51.6 Å². The molecule has 0 amide bonds. The van der Waals surface area contributed by atoms with Crippen LogP contribution in [0.1, 0.15) is 11.4 Å². The lowest BCUT2D eigenvalue weighted by atomic mass is 10.2. The van der Waals surface area contributed by atoms with Gasteiger partial charge >= 0.3 is 0 Å². The first-order chi connectivity index (χ1) is 9.51. The highest BCUT2D eigenvalue weighted by atomic mass is 19.2. The van der Waals surface area contributed by atoms with Crippen LogP contribution in [-0.2, 0) is 0 Å². The molecule has 7 nitrogen and oxygen atoms in total. The summed E-state index contributed by atoms with van der Waals surface area (Å²) in [6, 6.07) is 4.52. The molecule has 0 fully saturated rings. The number of nitro benzene ring substituents is 1. The Morgan fingerprint density at radius 1 is 1.30 bits per heavy atom. The fraction of sp³-hybridized carbons (Fsp3) is 0. The average Bonchev–Trinajstić information content (AvgIpc) is 2.83. The molecule has 2 aromatic rings. The van der Waals surface area contributed by atoms with Crippen molar-refractivity contribution in [1.29, 1.82) is 10.5 Å². The van der Waals surface area contributed by atoms with Gasteiger partial charge in [-0.1, -0.05) is 0 Å². The number of hydrogen-bond acceptors (Lipinski definition) is 5. The van der Waals surface area contributed by atoms with E-state index in [9.17, 15) is 18.9 Å². The molecule has 0 spiro atoms. The normalized spacial score (nSPS) is 9.80. The summed E-state index contributed by atoms with van der Waals surface area (Å²) in [5.74, 6) is -2.82. The molecular weight excluding hydrogens is 272 g/mol. The summed E-state index contributed by atoms with van der Waals surface area (Å²) in [6.45, 7) is 0. The van der Waals surface area contributed by atoms with Crippen molar-refractivity contribution >= 4 is 5.69 Å². The molecule has 20 heavy (non-hydrogen) atoms. The highest BCUT2D eigenvalue weighted by Crippen LogP contribution is 2.29. The van der Waals surface area contributed by atoms with Gasteiger partial charge in [-0.15, -0.1) is 0 Å². The predicted octanol–water partition coefficient (Wildman–Crippen LogP) is 1.80. The van der Waals surface area contributed by atoms with Crippen LogP contribution >= 0.6 is 0 Å². The number of nitriles is 2. The summed E-state index contributed by atoms with van der Waals surface area (Å²) >= 11 is 0. The van der Waals surface area contributed by atoms with E-state index < -0.39 is 33.6 Å². The smallest absolute Gasteiger partial charge is 0.280 e. The van der Waals surface area contributed by atoms with Crippen LogP contribution in [0.4, 0.5) is 14.5 Å².